The predicted octanol–water partition coefficient (Wildman–Crippen LogP) is 4.24. The molecule has 0 aromatic heterocycles. The Morgan fingerprint density at radius 3 is 2.72 bits per heavy atom. The van der Waals surface area contributed by atoms with Crippen LogP contribution in [-0.4, -0.2) is 53.7 Å². The number of piperidine rings is 1. The van der Waals surface area contributed by atoms with Gasteiger partial charge in [0.1, 0.15) is 5.75 Å². The third-order valence-corrected chi connectivity index (χ3v) is 6.84. The van der Waals surface area contributed by atoms with Crippen LogP contribution < -0.4 is 4.74 Å². The summed E-state index contributed by atoms with van der Waals surface area (Å²) in [7, 11) is 1.62. The minimum absolute atomic E-state index is 0.117. The van der Waals surface area contributed by atoms with Gasteiger partial charge in [-0.05, 0) is 56.2 Å². The highest BCUT2D eigenvalue weighted by Gasteiger charge is 2.41. The van der Waals surface area contributed by atoms with Crippen molar-refractivity contribution in [3.63, 3.8) is 0 Å². The van der Waals surface area contributed by atoms with Gasteiger partial charge in [0.25, 0.3) is 0 Å². The summed E-state index contributed by atoms with van der Waals surface area (Å²) in [5.74, 6) is 0.430. The van der Waals surface area contributed by atoms with Gasteiger partial charge < -0.3 is 19.3 Å². The van der Waals surface area contributed by atoms with Crippen LogP contribution in [0.4, 0.5) is 0 Å². The fourth-order valence-corrected chi connectivity index (χ4v) is 5.34. The molecule has 0 saturated carbocycles. The van der Waals surface area contributed by atoms with Crippen molar-refractivity contribution in [2.75, 3.05) is 26.8 Å². The topological polar surface area (TPSA) is 71.4 Å². The van der Waals surface area contributed by atoms with E-state index in [9.17, 15) is 9.59 Å². The fourth-order valence-electron chi connectivity index (χ4n) is 4.38. The van der Waals surface area contributed by atoms with E-state index in [-0.39, 0.29) is 24.9 Å². The van der Waals surface area contributed by atoms with Crippen LogP contribution in [0.15, 0.2) is 51.6 Å². The molecule has 1 atom stereocenters. The van der Waals surface area contributed by atoms with Gasteiger partial charge >= 0.3 is 5.97 Å². The summed E-state index contributed by atoms with van der Waals surface area (Å²) < 4.78 is 10.8. The normalized spacial score (nSPS) is 20.5. The number of hydrogen-bond acceptors (Lipinski definition) is 7. The van der Waals surface area contributed by atoms with Crippen molar-refractivity contribution in [1.82, 2.24) is 9.80 Å². The van der Waals surface area contributed by atoms with E-state index >= 15 is 0 Å². The molecule has 1 fully saturated rings. The van der Waals surface area contributed by atoms with Gasteiger partial charge in [0.15, 0.2) is 5.17 Å². The number of ether oxygens (including phenoxy) is 2. The molecule has 1 amide bonds. The Balaban J connectivity index is 1.70. The molecule has 8 heteroatoms. The van der Waals surface area contributed by atoms with E-state index in [0.717, 1.165) is 42.4 Å². The number of amides is 1. The highest BCUT2D eigenvalue weighted by atomic mass is 32.2. The number of esters is 1. The Bertz CT molecular complexity index is 995. The van der Waals surface area contributed by atoms with E-state index in [4.69, 9.17) is 14.5 Å². The quantitative estimate of drug-likeness (QED) is 0.598. The van der Waals surface area contributed by atoms with Crippen molar-refractivity contribution >= 4 is 28.8 Å². The summed E-state index contributed by atoms with van der Waals surface area (Å²) in [4.78, 5) is 34.7. The summed E-state index contributed by atoms with van der Waals surface area (Å²) >= 11 is 1.49. The van der Waals surface area contributed by atoms with E-state index in [1.165, 1.54) is 18.2 Å². The van der Waals surface area contributed by atoms with Crippen molar-refractivity contribution in [1.29, 1.82) is 0 Å². The van der Waals surface area contributed by atoms with Crippen LogP contribution in [0.2, 0.25) is 0 Å². The molecule has 3 aliphatic rings. The number of methoxy groups -OCH3 is 1. The van der Waals surface area contributed by atoms with Gasteiger partial charge in [-0.1, -0.05) is 23.9 Å². The predicted molar refractivity (Wildman–Crippen MR) is 125 cm³/mol. The van der Waals surface area contributed by atoms with Crippen LogP contribution in [0, 0.1) is 0 Å². The summed E-state index contributed by atoms with van der Waals surface area (Å²) in [6, 6.07) is 7.23. The Morgan fingerprint density at radius 2 is 2.00 bits per heavy atom. The zero-order valence-corrected chi connectivity index (χ0v) is 19.6. The van der Waals surface area contributed by atoms with Gasteiger partial charge in [0.05, 0.1) is 37.4 Å². The number of amidine groups is 1. The maximum absolute atomic E-state index is 13.0. The van der Waals surface area contributed by atoms with Crippen molar-refractivity contribution in [3.05, 3.63) is 52.2 Å². The van der Waals surface area contributed by atoms with Crippen LogP contribution in [0.3, 0.4) is 0 Å². The number of rotatable bonds is 6. The summed E-state index contributed by atoms with van der Waals surface area (Å²) in [5, 5.41) is 2.75. The van der Waals surface area contributed by atoms with Crippen molar-refractivity contribution in [2.24, 2.45) is 4.99 Å². The molecule has 0 N–H and O–H groups in total. The molecule has 7 nitrogen and oxygen atoms in total. The summed E-state index contributed by atoms with van der Waals surface area (Å²) in [5.41, 5.74) is 2.86. The zero-order valence-electron chi connectivity index (χ0n) is 18.8. The minimum Gasteiger partial charge on any atom is -0.497 e. The average molecular weight is 456 g/mol. The van der Waals surface area contributed by atoms with Crippen LogP contribution >= 0.6 is 11.8 Å². The number of hydrogen-bond donors (Lipinski definition) is 0. The first-order valence-electron chi connectivity index (χ1n) is 11.1. The smallest absolute Gasteiger partial charge is 0.338 e. The van der Waals surface area contributed by atoms with Crippen LogP contribution in [-0.2, 0) is 14.3 Å². The number of fused-ring (bicyclic) bond motifs is 1. The zero-order chi connectivity index (χ0) is 22.7. The molecular formula is C24H29N3O4S. The summed E-state index contributed by atoms with van der Waals surface area (Å²) in [6.45, 7) is 5.53. The molecule has 1 aromatic rings. The first-order valence-corrected chi connectivity index (χ1v) is 11.9. The molecule has 0 aliphatic carbocycles. The molecule has 170 valence electrons. The first-order chi connectivity index (χ1) is 15.5. The van der Waals surface area contributed by atoms with Crippen LogP contribution in [0.5, 0.6) is 5.75 Å². The SMILES string of the molecule is CCOC(=O)C1=C(C)N=C2SC=C(CC(=O)N3CCCCC3)N2C1c1cccc(OC)c1. The molecule has 32 heavy (non-hydrogen) atoms. The molecule has 0 bridgehead atoms. The number of likely N-dealkylation sites (tertiary alicyclic amines) is 1. The summed E-state index contributed by atoms with van der Waals surface area (Å²) in [6.07, 6.45) is 3.56. The monoisotopic (exact) mass is 455 g/mol. The van der Waals surface area contributed by atoms with E-state index < -0.39 is 6.04 Å². The van der Waals surface area contributed by atoms with E-state index in [1.807, 2.05) is 46.4 Å². The second kappa shape index (κ2) is 9.81. The lowest BCUT2D eigenvalue weighted by molar-refractivity contribution is -0.139. The molecule has 3 heterocycles. The van der Waals surface area contributed by atoms with Crippen molar-refractivity contribution in [2.45, 2.75) is 45.6 Å². The van der Waals surface area contributed by atoms with Gasteiger partial charge in [0.2, 0.25) is 5.91 Å². The Kier molecular flexibility index (Phi) is 6.89. The van der Waals surface area contributed by atoms with Crippen LogP contribution in [0.1, 0.15) is 51.1 Å². The van der Waals surface area contributed by atoms with Crippen LogP contribution in [0.25, 0.3) is 0 Å². The fraction of sp³-hybridized carbons (Fsp3) is 0.458. The standard InChI is InChI=1S/C24H29N3O4S/c1-4-31-23(29)21-16(2)25-24-27(22(21)17-9-8-10-19(13-17)30-3)18(15-32-24)14-20(28)26-11-6-5-7-12-26/h8-10,13,15,22H,4-7,11-12,14H2,1-3H3. The number of carbonyl (C=O) groups excluding carboxylic acids is 2. The number of thioether (sulfide) groups is 1. The molecule has 1 unspecified atom stereocenters. The van der Waals surface area contributed by atoms with Gasteiger partial charge in [0, 0.05) is 18.8 Å². The highest BCUT2D eigenvalue weighted by molar-refractivity contribution is 8.16. The lowest BCUT2D eigenvalue weighted by Crippen LogP contribution is -2.40. The Morgan fingerprint density at radius 1 is 1.22 bits per heavy atom. The van der Waals surface area contributed by atoms with Gasteiger partial charge in [-0.3, -0.25) is 4.79 Å². The molecule has 0 spiro atoms. The van der Waals surface area contributed by atoms with Gasteiger partial charge in [-0.15, -0.1) is 0 Å². The van der Waals surface area contributed by atoms with E-state index in [2.05, 4.69) is 0 Å². The third kappa shape index (κ3) is 4.41. The van der Waals surface area contributed by atoms with E-state index in [0.29, 0.717) is 17.0 Å². The minimum atomic E-state index is -0.438. The average Bonchev–Trinajstić information content (AvgIpc) is 3.20. The molecular weight excluding hydrogens is 426 g/mol. The molecule has 1 saturated heterocycles. The van der Waals surface area contributed by atoms with Gasteiger partial charge in [-0.25, -0.2) is 9.79 Å². The molecule has 4 rings (SSSR count). The number of nitrogens with zero attached hydrogens (tertiary/aromatic N) is 3. The maximum atomic E-state index is 13.0. The Hall–Kier alpha value is -2.74. The Labute approximate surface area is 193 Å². The third-order valence-electron chi connectivity index (χ3n) is 5.95. The number of carbonyl (C=O) groups is 2. The number of benzene rings is 1. The van der Waals surface area contributed by atoms with Crippen molar-refractivity contribution < 1.29 is 19.1 Å². The molecule has 0 radical (unpaired) electrons. The lowest BCUT2D eigenvalue weighted by Gasteiger charge is -2.37. The number of aliphatic imine (C=N–C) groups is 1. The second-order valence-electron chi connectivity index (χ2n) is 8.01. The second-order valence-corrected chi connectivity index (χ2v) is 8.84. The number of allylic oxidation sites excluding steroid dienone is 1. The molecule has 1 aromatic carbocycles. The van der Waals surface area contributed by atoms with E-state index in [1.54, 1.807) is 14.0 Å². The first kappa shape index (κ1) is 22.5. The maximum Gasteiger partial charge on any atom is 0.338 e. The highest BCUT2D eigenvalue weighted by Crippen LogP contribution is 2.45. The lowest BCUT2D eigenvalue weighted by atomic mass is 9.93. The largest absolute Gasteiger partial charge is 0.497 e. The van der Waals surface area contributed by atoms with Gasteiger partial charge in [-0.2, -0.15) is 0 Å². The molecule has 3 aliphatic heterocycles. The van der Waals surface area contributed by atoms with Crippen molar-refractivity contribution in [3.8, 4) is 5.75 Å².